The zero-order valence-corrected chi connectivity index (χ0v) is 20.7. The van der Waals surface area contributed by atoms with Crippen molar-refractivity contribution >= 4 is 35.0 Å². The van der Waals surface area contributed by atoms with Gasteiger partial charge in [0.25, 0.3) is 5.91 Å². The van der Waals surface area contributed by atoms with Crippen LogP contribution in [0.15, 0.2) is 48.5 Å². The molecule has 2 aliphatic rings. The third-order valence-electron chi connectivity index (χ3n) is 6.89. The van der Waals surface area contributed by atoms with Crippen LogP contribution in [-0.2, 0) is 6.42 Å². The minimum atomic E-state index is -0.484. The standard InChI is InChI=1S/C27H26Cl2N4O2/c28-24-4-3-16(15-25(24)29)19-13-21-20-12-18(27(35)33-9-7-32(6-5-30)8-10-33)2-1-17(20)11-22(21)23(14-19)26(31)34/h1-4,12-15H,5-11,30H2,(H2,31,34). The lowest BCUT2D eigenvalue weighted by atomic mass is 9.93. The van der Waals surface area contributed by atoms with Gasteiger partial charge >= 0.3 is 0 Å². The molecule has 0 spiro atoms. The maximum Gasteiger partial charge on any atom is 0.253 e. The summed E-state index contributed by atoms with van der Waals surface area (Å²) >= 11 is 12.3. The number of nitrogens with two attached hydrogens (primary N) is 2. The molecule has 0 aromatic heterocycles. The van der Waals surface area contributed by atoms with E-state index in [9.17, 15) is 9.59 Å². The van der Waals surface area contributed by atoms with E-state index in [1.807, 2.05) is 35.2 Å². The van der Waals surface area contributed by atoms with Gasteiger partial charge in [-0.05, 0) is 76.2 Å². The Hall–Kier alpha value is -2.90. The van der Waals surface area contributed by atoms with E-state index in [4.69, 9.17) is 34.7 Å². The first-order valence-electron chi connectivity index (χ1n) is 11.6. The summed E-state index contributed by atoms with van der Waals surface area (Å²) in [4.78, 5) is 29.8. The number of hydrogen-bond donors (Lipinski definition) is 2. The number of amides is 2. The molecular weight excluding hydrogens is 483 g/mol. The molecule has 6 nitrogen and oxygen atoms in total. The number of fused-ring (bicyclic) bond motifs is 3. The number of hydrogen-bond acceptors (Lipinski definition) is 4. The first-order valence-corrected chi connectivity index (χ1v) is 12.4. The highest BCUT2D eigenvalue weighted by Gasteiger charge is 2.27. The maximum absolute atomic E-state index is 13.3. The molecule has 3 aromatic rings. The smallest absolute Gasteiger partial charge is 0.253 e. The van der Waals surface area contributed by atoms with Gasteiger partial charge in [0.15, 0.2) is 0 Å². The van der Waals surface area contributed by atoms with Gasteiger partial charge in [-0.15, -0.1) is 0 Å². The number of primary amides is 1. The number of benzene rings is 3. The van der Waals surface area contributed by atoms with Crippen LogP contribution in [0.25, 0.3) is 22.3 Å². The molecule has 1 saturated heterocycles. The molecule has 1 fully saturated rings. The quantitative estimate of drug-likeness (QED) is 0.425. The fourth-order valence-corrected chi connectivity index (χ4v) is 5.31. The van der Waals surface area contributed by atoms with Gasteiger partial charge in [-0.1, -0.05) is 35.3 Å². The normalized spacial score (nSPS) is 15.1. The molecule has 0 unspecified atom stereocenters. The van der Waals surface area contributed by atoms with Crippen LogP contribution in [0.1, 0.15) is 31.8 Å². The molecule has 3 aromatic carbocycles. The van der Waals surface area contributed by atoms with Crippen molar-refractivity contribution in [1.29, 1.82) is 0 Å². The first-order chi connectivity index (χ1) is 16.9. The maximum atomic E-state index is 13.3. The van der Waals surface area contributed by atoms with Gasteiger partial charge in [-0.25, -0.2) is 0 Å². The van der Waals surface area contributed by atoms with E-state index in [-0.39, 0.29) is 5.91 Å². The summed E-state index contributed by atoms with van der Waals surface area (Å²) in [6.45, 7) is 4.48. The third-order valence-corrected chi connectivity index (χ3v) is 7.63. The van der Waals surface area contributed by atoms with Crippen LogP contribution in [0.3, 0.4) is 0 Å². The molecule has 4 N–H and O–H groups in total. The Morgan fingerprint density at radius 3 is 2.31 bits per heavy atom. The molecule has 1 aliphatic heterocycles. The topological polar surface area (TPSA) is 92.7 Å². The summed E-state index contributed by atoms with van der Waals surface area (Å²) in [6, 6.07) is 15.0. The van der Waals surface area contributed by atoms with Crippen LogP contribution in [0.2, 0.25) is 10.0 Å². The third kappa shape index (κ3) is 4.55. The molecule has 0 bridgehead atoms. The van der Waals surface area contributed by atoms with E-state index >= 15 is 0 Å². The number of rotatable bonds is 5. The first kappa shape index (κ1) is 23.8. The van der Waals surface area contributed by atoms with Crippen LogP contribution in [-0.4, -0.2) is 60.9 Å². The average Bonchev–Trinajstić information content (AvgIpc) is 3.23. The highest BCUT2D eigenvalue weighted by molar-refractivity contribution is 6.42. The fourth-order valence-electron chi connectivity index (χ4n) is 5.01. The van der Waals surface area contributed by atoms with Gasteiger partial charge in [0.2, 0.25) is 5.91 Å². The van der Waals surface area contributed by atoms with Crippen molar-refractivity contribution in [2.75, 3.05) is 39.3 Å². The summed E-state index contributed by atoms with van der Waals surface area (Å²) in [5, 5.41) is 0.897. The van der Waals surface area contributed by atoms with Crippen molar-refractivity contribution < 1.29 is 9.59 Å². The summed E-state index contributed by atoms with van der Waals surface area (Å²) in [5.41, 5.74) is 18.0. The number of halogens is 2. The molecule has 8 heteroatoms. The van der Waals surface area contributed by atoms with Crippen molar-refractivity contribution in [3.05, 3.63) is 80.8 Å². The number of piperazine rings is 1. The fraction of sp³-hybridized carbons (Fsp3) is 0.259. The molecule has 1 aliphatic carbocycles. The summed E-state index contributed by atoms with van der Waals surface area (Å²) < 4.78 is 0. The second-order valence-corrected chi connectivity index (χ2v) is 9.83. The zero-order valence-electron chi connectivity index (χ0n) is 19.2. The SMILES string of the molecule is NCCN1CCN(C(=O)c2ccc3c(c2)-c2cc(-c4ccc(Cl)c(Cl)c4)cc(C(N)=O)c2C3)CC1. The number of nitrogens with zero attached hydrogens (tertiary/aromatic N) is 2. The van der Waals surface area contributed by atoms with Crippen LogP contribution < -0.4 is 11.5 Å². The van der Waals surface area contributed by atoms with E-state index in [1.165, 1.54) is 0 Å². The van der Waals surface area contributed by atoms with Gasteiger partial charge in [0.1, 0.15) is 0 Å². The van der Waals surface area contributed by atoms with Gasteiger partial charge in [0.05, 0.1) is 10.0 Å². The van der Waals surface area contributed by atoms with E-state index in [1.54, 1.807) is 18.2 Å². The van der Waals surface area contributed by atoms with Crippen LogP contribution in [0.5, 0.6) is 0 Å². The van der Waals surface area contributed by atoms with Gasteiger partial charge in [-0.3, -0.25) is 14.5 Å². The zero-order chi connectivity index (χ0) is 24.7. The van der Waals surface area contributed by atoms with Crippen LogP contribution in [0.4, 0.5) is 0 Å². The second-order valence-electron chi connectivity index (χ2n) is 9.01. The Bertz CT molecular complexity index is 1330. The predicted octanol–water partition coefficient (Wildman–Crippen LogP) is 4.05. The molecule has 5 rings (SSSR count). The summed E-state index contributed by atoms with van der Waals surface area (Å²) in [5.74, 6) is -0.466. The van der Waals surface area contributed by atoms with Crippen molar-refractivity contribution in [3.63, 3.8) is 0 Å². The largest absolute Gasteiger partial charge is 0.366 e. The summed E-state index contributed by atoms with van der Waals surface area (Å²) in [7, 11) is 0. The minimum Gasteiger partial charge on any atom is -0.366 e. The predicted molar refractivity (Wildman–Crippen MR) is 140 cm³/mol. The van der Waals surface area contributed by atoms with Crippen molar-refractivity contribution in [3.8, 4) is 22.3 Å². The summed E-state index contributed by atoms with van der Waals surface area (Å²) in [6.07, 6.45) is 0.594. The van der Waals surface area contributed by atoms with E-state index < -0.39 is 5.91 Å². The van der Waals surface area contributed by atoms with Gasteiger partial charge in [0, 0.05) is 50.4 Å². The van der Waals surface area contributed by atoms with E-state index in [0.29, 0.717) is 47.2 Å². The van der Waals surface area contributed by atoms with E-state index in [0.717, 1.165) is 53.0 Å². The highest BCUT2D eigenvalue weighted by atomic mass is 35.5. The second kappa shape index (κ2) is 9.63. The van der Waals surface area contributed by atoms with Crippen LogP contribution >= 0.6 is 23.2 Å². The average molecular weight is 509 g/mol. The molecule has 0 atom stereocenters. The lowest BCUT2D eigenvalue weighted by Gasteiger charge is -2.34. The molecule has 2 amide bonds. The van der Waals surface area contributed by atoms with E-state index in [2.05, 4.69) is 4.90 Å². The molecule has 0 radical (unpaired) electrons. The Morgan fingerprint density at radius 2 is 1.63 bits per heavy atom. The van der Waals surface area contributed by atoms with Crippen LogP contribution in [0, 0.1) is 0 Å². The Labute approximate surface area is 214 Å². The molecule has 35 heavy (non-hydrogen) atoms. The Morgan fingerprint density at radius 1 is 0.857 bits per heavy atom. The molecular formula is C27H26Cl2N4O2. The Balaban J connectivity index is 1.51. The lowest BCUT2D eigenvalue weighted by Crippen LogP contribution is -2.49. The van der Waals surface area contributed by atoms with Gasteiger partial charge in [-0.2, -0.15) is 0 Å². The number of carbonyl (C=O) groups excluding carboxylic acids is 2. The van der Waals surface area contributed by atoms with Crippen molar-refractivity contribution in [2.45, 2.75) is 6.42 Å². The van der Waals surface area contributed by atoms with Crippen molar-refractivity contribution in [2.24, 2.45) is 11.5 Å². The Kier molecular flexibility index (Phi) is 6.55. The number of carbonyl (C=O) groups is 2. The lowest BCUT2D eigenvalue weighted by molar-refractivity contribution is 0.0641. The molecule has 1 heterocycles. The minimum absolute atomic E-state index is 0.0180. The van der Waals surface area contributed by atoms with Gasteiger partial charge < -0.3 is 16.4 Å². The monoisotopic (exact) mass is 508 g/mol. The highest BCUT2D eigenvalue weighted by Crippen LogP contribution is 2.42. The van der Waals surface area contributed by atoms with Crippen molar-refractivity contribution in [1.82, 2.24) is 9.80 Å². The molecule has 180 valence electrons. The molecule has 0 saturated carbocycles.